The first-order valence-electron chi connectivity index (χ1n) is 9.08. The molecule has 2 aromatic rings. The highest BCUT2D eigenvalue weighted by molar-refractivity contribution is 5.96. The lowest BCUT2D eigenvalue weighted by Crippen LogP contribution is -2.41. The predicted molar refractivity (Wildman–Crippen MR) is 101 cm³/mol. The van der Waals surface area contributed by atoms with Crippen LogP contribution < -0.4 is 14.4 Å². The number of aliphatic hydroxyl groups is 1. The molecule has 5 heteroatoms. The van der Waals surface area contributed by atoms with Crippen molar-refractivity contribution in [3.63, 3.8) is 0 Å². The number of ether oxygens (including phenoxy) is 2. The fourth-order valence-electron chi connectivity index (χ4n) is 4.07. The summed E-state index contributed by atoms with van der Waals surface area (Å²) in [6.07, 6.45) is 3.21. The summed E-state index contributed by atoms with van der Waals surface area (Å²) in [5, 5.41) is 11.7. The van der Waals surface area contributed by atoms with E-state index in [1.165, 1.54) is 5.84 Å². The predicted octanol–water partition coefficient (Wildman–Crippen LogP) is 2.96. The third kappa shape index (κ3) is 2.63. The minimum Gasteiger partial charge on any atom is -0.493 e. The number of anilines is 1. The number of hydrogen-bond acceptors (Lipinski definition) is 4. The Bertz CT molecular complexity index is 834. The van der Waals surface area contributed by atoms with Gasteiger partial charge in [-0.05, 0) is 43.2 Å². The third-order valence-corrected chi connectivity index (χ3v) is 5.39. The van der Waals surface area contributed by atoms with Crippen LogP contribution in [0.5, 0.6) is 11.5 Å². The molecule has 0 aliphatic carbocycles. The topological polar surface area (TPSA) is 44.9 Å². The largest absolute Gasteiger partial charge is 0.493 e. The van der Waals surface area contributed by atoms with Gasteiger partial charge in [-0.1, -0.05) is 18.2 Å². The van der Waals surface area contributed by atoms with Crippen LogP contribution in [0.25, 0.3) is 0 Å². The van der Waals surface area contributed by atoms with E-state index in [1.54, 1.807) is 14.2 Å². The van der Waals surface area contributed by atoms with Crippen LogP contribution >= 0.6 is 0 Å². The number of para-hydroxylation sites is 1. The van der Waals surface area contributed by atoms with E-state index in [-0.39, 0.29) is 0 Å². The van der Waals surface area contributed by atoms with Gasteiger partial charge >= 0.3 is 0 Å². The summed E-state index contributed by atoms with van der Waals surface area (Å²) >= 11 is 0. The Morgan fingerprint density at radius 3 is 2.50 bits per heavy atom. The van der Waals surface area contributed by atoms with Gasteiger partial charge in [0.2, 0.25) is 0 Å². The lowest BCUT2D eigenvalue weighted by atomic mass is 10.0. The van der Waals surface area contributed by atoms with Crippen LogP contribution in [0.15, 0.2) is 48.5 Å². The van der Waals surface area contributed by atoms with Crippen LogP contribution in [0.4, 0.5) is 5.69 Å². The van der Waals surface area contributed by atoms with Gasteiger partial charge < -0.3 is 14.6 Å². The summed E-state index contributed by atoms with van der Waals surface area (Å²) in [5.74, 6) is 2.50. The normalized spacial score (nSPS) is 22.3. The molecule has 26 heavy (non-hydrogen) atoms. The van der Waals surface area contributed by atoms with Crippen LogP contribution in [-0.2, 0) is 5.72 Å². The maximum absolute atomic E-state index is 11.7. The maximum atomic E-state index is 11.7. The van der Waals surface area contributed by atoms with Crippen molar-refractivity contribution in [3.05, 3.63) is 54.1 Å². The van der Waals surface area contributed by atoms with Gasteiger partial charge in [0.25, 0.3) is 11.6 Å². The van der Waals surface area contributed by atoms with E-state index in [0.29, 0.717) is 18.0 Å². The lowest BCUT2D eigenvalue weighted by molar-refractivity contribution is -0.661. The Morgan fingerprint density at radius 1 is 1.00 bits per heavy atom. The fourth-order valence-corrected chi connectivity index (χ4v) is 4.07. The Balaban J connectivity index is 1.79. The van der Waals surface area contributed by atoms with Gasteiger partial charge in [0.1, 0.15) is 5.69 Å². The molecule has 136 valence electrons. The van der Waals surface area contributed by atoms with Crippen molar-refractivity contribution in [1.82, 2.24) is 0 Å². The summed E-state index contributed by atoms with van der Waals surface area (Å²) in [7, 11) is 3.24. The average Bonchev–Trinajstić information content (AvgIpc) is 3.02. The third-order valence-electron chi connectivity index (χ3n) is 5.39. The molecule has 1 N–H and O–H groups in total. The average molecular weight is 353 g/mol. The lowest BCUT2D eigenvalue weighted by Gasteiger charge is -2.25. The number of nitrogens with zero attached hydrogens (tertiary/aromatic N) is 2. The van der Waals surface area contributed by atoms with E-state index < -0.39 is 5.72 Å². The molecule has 0 saturated heterocycles. The summed E-state index contributed by atoms with van der Waals surface area (Å²) in [6, 6.07) is 16.0. The van der Waals surface area contributed by atoms with Gasteiger partial charge in [0.05, 0.1) is 20.8 Å². The van der Waals surface area contributed by atoms with Crippen LogP contribution in [-0.4, -0.2) is 42.8 Å². The van der Waals surface area contributed by atoms with Crippen molar-refractivity contribution < 1.29 is 19.2 Å². The fraction of sp³-hybridized carbons (Fsp3) is 0.381. The van der Waals surface area contributed by atoms with Gasteiger partial charge in [-0.15, -0.1) is 0 Å². The van der Waals surface area contributed by atoms with Crippen LogP contribution in [0, 0.1) is 0 Å². The van der Waals surface area contributed by atoms with E-state index in [4.69, 9.17) is 9.47 Å². The molecule has 0 aromatic heterocycles. The van der Waals surface area contributed by atoms with Crippen LogP contribution in [0.3, 0.4) is 0 Å². The van der Waals surface area contributed by atoms with Crippen LogP contribution in [0.1, 0.15) is 24.8 Å². The number of rotatable bonds is 4. The van der Waals surface area contributed by atoms with Crippen molar-refractivity contribution in [2.45, 2.75) is 25.0 Å². The number of hydrogen-bond donors (Lipinski definition) is 1. The molecule has 2 aromatic carbocycles. The zero-order valence-corrected chi connectivity index (χ0v) is 15.3. The molecule has 5 nitrogen and oxygen atoms in total. The SMILES string of the molecule is COc1ccc(C2(O)CN(c3ccccc3)C3=[N+]2CCCC3)cc1OC. The Hall–Kier alpha value is -2.53. The van der Waals surface area contributed by atoms with Gasteiger partial charge in [-0.2, -0.15) is 0 Å². The highest BCUT2D eigenvalue weighted by Gasteiger charge is 2.52. The number of β-amino-alcohol motifs (C(OH)–C–C–N with tert-alkyl or cyclic N) is 1. The molecule has 2 aliphatic heterocycles. The van der Waals surface area contributed by atoms with E-state index in [0.717, 1.165) is 37.1 Å². The van der Waals surface area contributed by atoms with Crippen molar-refractivity contribution in [2.75, 3.05) is 32.2 Å². The highest BCUT2D eigenvalue weighted by Crippen LogP contribution is 2.38. The van der Waals surface area contributed by atoms with Crippen LogP contribution in [0.2, 0.25) is 0 Å². The van der Waals surface area contributed by atoms with Gasteiger partial charge in [0.15, 0.2) is 18.0 Å². The number of amidine groups is 1. The maximum Gasteiger partial charge on any atom is 0.271 e. The Labute approximate surface area is 154 Å². The molecule has 0 fully saturated rings. The highest BCUT2D eigenvalue weighted by atomic mass is 16.5. The van der Waals surface area contributed by atoms with Gasteiger partial charge in [0, 0.05) is 12.0 Å². The Kier molecular flexibility index (Phi) is 4.32. The summed E-state index contributed by atoms with van der Waals surface area (Å²) in [4.78, 5) is 2.25. The first-order valence-corrected chi connectivity index (χ1v) is 9.08. The molecule has 0 radical (unpaired) electrons. The molecular formula is C21H25N2O3+. The second-order valence-corrected chi connectivity index (χ2v) is 6.83. The number of methoxy groups -OCH3 is 2. The minimum absolute atomic E-state index is 0.502. The summed E-state index contributed by atoms with van der Waals surface area (Å²) < 4.78 is 13.0. The second-order valence-electron chi connectivity index (χ2n) is 6.83. The summed E-state index contributed by atoms with van der Waals surface area (Å²) in [5.41, 5.74) is 0.865. The molecule has 1 unspecified atom stereocenters. The van der Waals surface area contributed by atoms with Gasteiger partial charge in [-0.3, -0.25) is 0 Å². The molecule has 2 heterocycles. The molecule has 4 rings (SSSR count). The van der Waals surface area contributed by atoms with Gasteiger partial charge in [-0.25, -0.2) is 9.48 Å². The zero-order valence-electron chi connectivity index (χ0n) is 15.3. The Morgan fingerprint density at radius 2 is 1.77 bits per heavy atom. The van der Waals surface area contributed by atoms with E-state index in [1.807, 2.05) is 36.4 Å². The van der Waals surface area contributed by atoms with E-state index in [2.05, 4.69) is 21.6 Å². The smallest absolute Gasteiger partial charge is 0.271 e. The van der Waals surface area contributed by atoms with Crippen molar-refractivity contribution in [3.8, 4) is 11.5 Å². The number of benzene rings is 2. The second kappa shape index (κ2) is 6.65. The molecule has 2 aliphatic rings. The van der Waals surface area contributed by atoms with Crippen molar-refractivity contribution in [1.29, 1.82) is 0 Å². The molecule has 0 saturated carbocycles. The van der Waals surface area contributed by atoms with Crippen molar-refractivity contribution in [2.24, 2.45) is 0 Å². The minimum atomic E-state index is -1.08. The standard InChI is InChI=1S/C21H25N2O3/c1-25-18-12-11-16(14-19(18)26-2)21(24)15-22(17-8-4-3-5-9-17)20-10-6-7-13-23(20)21/h3-5,8-9,11-12,14,24H,6-7,10,13,15H2,1-2H3/q+1. The van der Waals surface area contributed by atoms with E-state index >= 15 is 0 Å². The quantitative estimate of drug-likeness (QED) is 0.859. The molecule has 0 spiro atoms. The molecule has 0 bridgehead atoms. The van der Waals surface area contributed by atoms with E-state index in [9.17, 15) is 5.11 Å². The zero-order chi connectivity index (χ0) is 18.1. The first-order chi connectivity index (χ1) is 12.7. The first kappa shape index (κ1) is 16.9. The summed E-state index contributed by atoms with van der Waals surface area (Å²) in [6.45, 7) is 1.35. The van der Waals surface area contributed by atoms with Crippen molar-refractivity contribution >= 4 is 11.5 Å². The molecule has 0 amide bonds. The molecular weight excluding hydrogens is 328 g/mol. The molecule has 1 atom stereocenters. The monoisotopic (exact) mass is 353 g/mol.